The van der Waals surface area contributed by atoms with Crippen molar-refractivity contribution in [1.82, 2.24) is 9.78 Å². The first-order chi connectivity index (χ1) is 7.31. The summed E-state index contributed by atoms with van der Waals surface area (Å²) in [4.78, 5) is 0. The van der Waals surface area contributed by atoms with Gasteiger partial charge in [0.25, 0.3) is 0 Å². The number of hydrogen-bond acceptors (Lipinski definition) is 2. The summed E-state index contributed by atoms with van der Waals surface area (Å²) < 4.78 is 7.18. The van der Waals surface area contributed by atoms with E-state index in [1.165, 1.54) is 11.4 Å². The van der Waals surface area contributed by atoms with E-state index in [4.69, 9.17) is 4.74 Å². The molecular formula is C12H22N2O. The normalized spacial score (nSPS) is 10.9. The molecule has 0 spiro atoms. The standard InChI is InChI=1S/C12H22N2O/c1-4-11-10-12(5-2)14(13-11)8-6-7-9-15-3/h10H,4-9H2,1-3H3. The number of methoxy groups -OCH3 is 1. The molecule has 1 rings (SSSR count). The van der Waals surface area contributed by atoms with Gasteiger partial charge >= 0.3 is 0 Å². The highest BCUT2D eigenvalue weighted by Gasteiger charge is 2.04. The lowest BCUT2D eigenvalue weighted by Gasteiger charge is -2.05. The molecule has 0 aliphatic rings. The number of nitrogens with zero attached hydrogens (tertiary/aromatic N) is 2. The first-order valence-corrected chi connectivity index (χ1v) is 5.86. The predicted molar refractivity (Wildman–Crippen MR) is 62.1 cm³/mol. The van der Waals surface area contributed by atoms with Gasteiger partial charge in [-0.1, -0.05) is 13.8 Å². The largest absolute Gasteiger partial charge is 0.385 e. The quantitative estimate of drug-likeness (QED) is 0.646. The van der Waals surface area contributed by atoms with Crippen molar-refractivity contribution in [2.24, 2.45) is 0 Å². The molecule has 0 fully saturated rings. The Balaban J connectivity index is 2.47. The number of hydrogen-bond donors (Lipinski definition) is 0. The van der Waals surface area contributed by atoms with Gasteiger partial charge < -0.3 is 4.74 Å². The summed E-state index contributed by atoms with van der Waals surface area (Å²) in [6, 6.07) is 2.22. The van der Waals surface area contributed by atoms with Crippen molar-refractivity contribution >= 4 is 0 Å². The van der Waals surface area contributed by atoms with E-state index < -0.39 is 0 Å². The van der Waals surface area contributed by atoms with Crippen LogP contribution in [0, 0.1) is 0 Å². The van der Waals surface area contributed by atoms with Crippen molar-refractivity contribution in [3.8, 4) is 0 Å². The predicted octanol–water partition coefficient (Wildman–Crippen LogP) is 2.43. The van der Waals surface area contributed by atoms with Gasteiger partial charge in [0.05, 0.1) is 5.69 Å². The Kier molecular flexibility index (Phi) is 5.40. The summed E-state index contributed by atoms with van der Waals surface area (Å²) in [7, 11) is 1.75. The second-order valence-corrected chi connectivity index (χ2v) is 3.76. The smallest absolute Gasteiger partial charge is 0.0624 e. The van der Waals surface area contributed by atoms with Crippen LogP contribution in [0.4, 0.5) is 0 Å². The van der Waals surface area contributed by atoms with Gasteiger partial charge in [0.2, 0.25) is 0 Å². The SMILES string of the molecule is CCc1cc(CC)n(CCCCOC)n1. The van der Waals surface area contributed by atoms with Crippen LogP contribution in [0.5, 0.6) is 0 Å². The molecule has 0 amide bonds. The van der Waals surface area contributed by atoms with Gasteiger partial charge in [-0.3, -0.25) is 4.68 Å². The molecule has 0 aliphatic carbocycles. The molecule has 0 atom stereocenters. The maximum atomic E-state index is 5.03. The molecular weight excluding hydrogens is 188 g/mol. The third-order valence-corrected chi connectivity index (χ3v) is 2.61. The molecule has 1 aromatic rings. The van der Waals surface area contributed by atoms with Crippen LogP contribution in [0.2, 0.25) is 0 Å². The Morgan fingerprint density at radius 1 is 1.27 bits per heavy atom. The monoisotopic (exact) mass is 210 g/mol. The molecule has 3 heteroatoms. The lowest BCUT2D eigenvalue weighted by Crippen LogP contribution is -2.05. The van der Waals surface area contributed by atoms with Crippen molar-refractivity contribution in [1.29, 1.82) is 0 Å². The van der Waals surface area contributed by atoms with Crippen molar-refractivity contribution < 1.29 is 4.74 Å². The van der Waals surface area contributed by atoms with Gasteiger partial charge in [-0.2, -0.15) is 5.10 Å². The van der Waals surface area contributed by atoms with Crippen molar-refractivity contribution in [3.63, 3.8) is 0 Å². The van der Waals surface area contributed by atoms with Crippen LogP contribution < -0.4 is 0 Å². The van der Waals surface area contributed by atoms with Crippen LogP contribution >= 0.6 is 0 Å². The zero-order valence-corrected chi connectivity index (χ0v) is 10.1. The lowest BCUT2D eigenvalue weighted by atomic mass is 10.2. The van der Waals surface area contributed by atoms with E-state index in [-0.39, 0.29) is 0 Å². The van der Waals surface area contributed by atoms with Crippen LogP contribution in [0.15, 0.2) is 6.07 Å². The molecule has 1 aromatic heterocycles. The summed E-state index contributed by atoms with van der Waals surface area (Å²) in [5.41, 5.74) is 2.56. The van der Waals surface area contributed by atoms with Crippen molar-refractivity contribution in [2.45, 2.75) is 46.1 Å². The second-order valence-electron chi connectivity index (χ2n) is 3.76. The highest BCUT2D eigenvalue weighted by Crippen LogP contribution is 2.07. The van der Waals surface area contributed by atoms with Gasteiger partial charge in [0.1, 0.15) is 0 Å². The molecule has 0 aromatic carbocycles. The van der Waals surface area contributed by atoms with E-state index in [9.17, 15) is 0 Å². The Labute approximate surface area is 92.4 Å². The van der Waals surface area contributed by atoms with Crippen LogP contribution in [0.1, 0.15) is 38.1 Å². The Morgan fingerprint density at radius 3 is 2.67 bits per heavy atom. The van der Waals surface area contributed by atoms with Crippen LogP contribution in [0.25, 0.3) is 0 Å². The van der Waals surface area contributed by atoms with Crippen molar-refractivity contribution in [2.75, 3.05) is 13.7 Å². The summed E-state index contributed by atoms with van der Waals surface area (Å²) in [5.74, 6) is 0. The first-order valence-electron chi connectivity index (χ1n) is 5.86. The van der Waals surface area contributed by atoms with E-state index in [1.807, 2.05) is 0 Å². The molecule has 0 bridgehead atoms. The van der Waals surface area contributed by atoms with Gasteiger partial charge in [0.15, 0.2) is 0 Å². The summed E-state index contributed by atoms with van der Waals surface area (Å²) >= 11 is 0. The number of ether oxygens (including phenoxy) is 1. The molecule has 86 valence electrons. The molecule has 0 aliphatic heterocycles. The number of aromatic nitrogens is 2. The van der Waals surface area contributed by atoms with Crippen molar-refractivity contribution in [3.05, 3.63) is 17.5 Å². The average Bonchev–Trinajstić information content (AvgIpc) is 2.67. The Bertz CT molecular complexity index is 281. The zero-order chi connectivity index (χ0) is 11.1. The molecule has 1 heterocycles. The second kappa shape index (κ2) is 6.62. The minimum Gasteiger partial charge on any atom is -0.385 e. The summed E-state index contributed by atoms with van der Waals surface area (Å²) in [6.07, 6.45) is 4.35. The van der Waals surface area contributed by atoms with E-state index in [0.717, 1.165) is 38.8 Å². The lowest BCUT2D eigenvalue weighted by molar-refractivity contribution is 0.191. The summed E-state index contributed by atoms with van der Waals surface area (Å²) in [5, 5.41) is 4.57. The molecule has 0 saturated carbocycles. The molecule has 0 radical (unpaired) electrons. The third-order valence-electron chi connectivity index (χ3n) is 2.61. The Hall–Kier alpha value is -0.830. The Morgan fingerprint density at radius 2 is 2.07 bits per heavy atom. The number of aryl methyl sites for hydroxylation is 3. The number of rotatable bonds is 7. The average molecular weight is 210 g/mol. The first kappa shape index (κ1) is 12.2. The van der Waals surface area contributed by atoms with Gasteiger partial charge in [0, 0.05) is 26.0 Å². The minimum atomic E-state index is 0.851. The fraction of sp³-hybridized carbons (Fsp3) is 0.750. The molecule has 0 N–H and O–H groups in total. The van der Waals surface area contributed by atoms with E-state index in [0.29, 0.717) is 0 Å². The van der Waals surface area contributed by atoms with E-state index in [2.05, 4.69) is 29.7 Å². The molecule has 15 heavy (non-hydrogen) atoms. The molecule has 0 unspecified atom stereocenters. The number of unbranched alkanes of at least 4 members (excludes halogenated alkanes) is 1. The highest BCUT2D eigenvalue weighted by atomic mass is 16.5. The van der Waals surface area contributed by atoms with E-state index >= 15 is 0 Å². The topological polar surface area (TPSA) is 27.1 Å². The molecule has 0 saturated heterocycles. The zero-order valence-electron chi connectivity index (χ0n) is 10.1. The van der Waals surface area contributed by atoms with Crippen LogP contribution in [-0.4, -0.2) is 23.5 Å². The summed E-state index contributed by atoms with van der Waals surface area (Å²) in [6.45, 7) is 6.20. The highest BCUT2D eigenvalue weighted by molar-refractivity contribution is 5.10. The van der Waals surface area contributed by atoms with Gasteiger partial charge in [-0.25, -0.2) is 0 Å². The minimum absolute atomic E-state index is 0.851. The third kappa shape index (κ3) is 3.67. The maximum absolute atomic E-state index is 5.03. The molecule has 3 nitrogen and oxygen atoms in total. The van der Waals surface area contributed by atoms with E-state index in [1.54, 1.807) is 7.11 Å². The van der Waals surface area contributed by atoms with Gasteiger partial charge in [-0.15, -0.1) is 0 Å². The van der Waals surface area contributed by atoms with Gasteiger partial charge in [-0.05, 0) is 31.7 Å². The van der Waals surface area contributed by atoms with Crippen LogP contribution in [-0.2, 0) is 24.1 Å². The maximum Gasteiger partial charge on any atom is 0.0624 e. The fourth-order valence-electron chi connectivity index (χ4n) is 1.67. The van der Waals surface area contributed by atoms with Crippen LogP contribution in [0.3, 0.4) is 0 Å². The fourth-order valence-corrected chi connectivity index (χ4v) is 1.67.